The quantitative estimate of drug-likeness (QED) is 0.589. The summed E-state index contributed by atoms with van der Waals surface area (Å²) in [6.07, 6.45) is 1.12. The molecule has 1 aliphatic heterocycles. The molecule has 0 saturated heterocycles. The molecule has 13 heavy (non-hydrogen) atoms. The van der Waals surface area contributed by atoms with Crippen LogP contribution < -0.4 is 4.90 Å². The van der Waals surface area contributed by atoms with E-state index in [4.69, 9.17) is 6.57 Å². The average molecular weight is 172 g/mol. The van der Waals surface area contributed by atoms with Crippen LogP contribution in [0.2, 0.25) is 0 Å². The standard InChI is InChI=1S/C11H12N2/c1-12-8-9-3-4-11-10(7-9)5-6-13(11)2/h3-4,7H,5-6,8H2,2H3. The third-order valence-corrected chi connectivity index (χ3v) is 2.53. The van der Waals surface area contributed by atoms with Crippen LogP contribution in [0.5, 0.6) is 0 Å². The Morgan fingerprint density at radius 3 is 3.15 bits per heavy atom. The topological polar surface area (TPSA) is 7.60 Å². The average Bonchev–Trinajstić information content (AvgIpc) is 2.48. The molecule has 1 aromatic carbocycles. The highest BCUT2D eigenvalue weighted by Gasteiger charge is 2.15. The number of fused-ring (bicyclic) bond motifs is 1. The van der Waals surface area contributed by atoms with E-state index in [1.54, 1.807) is 0 Å². The fourth-order valence-electron chi connectivity index (χ4n) is 1.81. The van der Waals surface area contributed by atoms with E-state index in [9.17, 15) is 0 Å². The van der Waals surface area contributed by atoms with E-state index in [0.717, 1.165) is 18.5 Å². The Bertz CT molecular complexity index is 363. The van der Waals surface area contributed by atoms with Crippen LogP contribution in [0.3, 0.4) is 0 Å². The highest BCUT2D eigenvalue weighted by atomic mass is 15.1. The van der Waals surface area contributed by atoms with Crippen molar-refractivity contribution >= 4 is 5.69 Å². The summed E-state index contributed by atoms with van der Waals surface area (Å²) < 4.78 is 0. The van der Waals surface area contributed by atoms with Crippen molar-refractivity contribution in [2.75, 3.05) is 18.5 Å². The maximum absolute atomic E-state index is 6.79. The zero-order valence-electron chi connectivity index (χ0n) is 7.75. The highest BCUT2D eigenvalue weighted by Crippen LogP contribution is 2.27. The van der Waals surface area contributed by atoms with Gasteiger partial charge in [0.05, 0.1) is 0 Å². The maximum atomic E-state index is 6.79. The molecular formula is C11H12N2. The Hall–Kier alpha value is -1.49. The van der Waals surface area contributed by atoms with Gasteiger partial charge >= 0.3 is 0 Å². The largest absolute Gasteiger partial charge is 0.374 e. The summed E-state index contributed by atoms with van der Waals surface area (Å²) in [6, 6.07) is 6.35. The van der Waals surface area contributed by atoms with Gasteiger partial charge in [0.1, 0.15) is 0 Å². The first-order valence-corrected chi connectivity index (χ1v) is 4.47. The number of likely N-dealkylation sites (N-methyl/N-ethyl adjacent to an activating group) is 1. The van der Waals surface area contributed by atoms with Crippen LogP contribution in [0.1, 0.15) is 11.1 Å². The Labute approximate surface area is 78.6 Å². The summed E-state index contributed by atoms with van der Waals surface area (Å²) in [6.45, 7) is 8.41. The molecule has 66 valence electrons. The van der Waals surface area contributed by atoms with Gasteiger partial charge in [-0.1, -0.05) is 0 Å². The third-order valence-electron chi connectivity index (χ3n) is 2.53. The molecule has 2 nitrogen and oxygen atoms in total. The maximum Gasteiger partial charge on any atom is 0.239 e. The minimum Gasteiger partial charge on any atom is -0.374 e. The molecular weight excluding hydrogens is 160 g/mol. The van der Waals surface area contributed by atoms with Crippen LogP contribution in [0, 0.1) is 6.57 Å². The predicted molar refractivity (Wildman–Crippen MR) is 53.7 cm³/mol. The molecule has 0 radical (unpaired) electrons. The van der Waals surface area contributed by atoms with Crippen molar-refractivity contribution < 1.29 is 0 Å². The minimum absolute atomic E-state index is 0.511. The summed E-state index contributed by atoms with van der Waals surface area (Å²) in [4.78, 5) is 5.65. The molecule has 2 heteroatoms. The molecule has 0 amide bonds. The smallest absolute Gasteiger partial charge is 0.239 e. The second-order valence-corrected chi connectivity index (χ2v) is 3.45. The van der Waals surface area contributed by atoms with Gasteiger partial charge in [-0.25, -0.2) is 6.57 Å². The second-order valence-electron chi connectivity index (χ2n) is 3.45. The third kappa shape index (κ3) is 1.38. The fraction of sp³-hybridized carbons (Fsp3) is 0.364. The molecule has 0 aromatic heterocycles. The molecule has 0 spiro atoms. The van der Waals surface area contributed by atoms with Crippen molar-refractivity contribution in [1.29, 1.82) is 0 Å². The lowest BCUT2D eigenvalue weighted by Crippen LogP contribution is -2.12. The van der Waals surface area contributed by atoms with Gasteiger partial charge in [0.2, 0.25) is 6.54 Å². The van der Waals surface area contributed by atoms with E-state index in [0.29, 0.717) is 6.54 Å². The van der Waals surface area contributed by atoms with Crippen LogP contribution >= 0.6 is 0 Å². The molecule has 1 aromatic rings. The lowest BCUT2D eigenvalue weighted by molar-refractivity contribution is 0.956. The number of rotatable bonds is 1. The lowest BCUT2D eigenvalue weighted by Gasteiger charge is -2.11. The molecule has 1 aliphatic rings. The minimum atomic E-state index is 0.511. The first-order valence-electron chi connectivity index (χ1n) is 4.47. The molecule has 0 saturated carbocycles. The number of benzene rings is 1. The lowest BCUT2D eigenvalue weighted by atomic mass is 10.1. The van der Waals surface area contributed by atoms with Crippen LogP contribution in [0.15, 0.2) is 18.2 Å². The van der Waals surface area contributed by atoms with Gasteiger partial charge in [0.15, 0.2) is 0 Å². The summed E-state index contributed by atoms with van der Waals surface area (Å²) in [5.74, 6) is 0. The molecule has 2 rings (SSSR count). The molecule has 0 aliphatic carbocycles. The Kier molecular flexibility index (Phi) is 1.94. The second kappa shape index (κ2) is 3.10. The zero-order valence-corrected chi connectivity index (χ0v) is 7.75. The van der Waals surface area contributed by atoms with Crippen molar-refractivity contribution in [3.05, 3.63) is 40.7 Å². The van der Waals surface area contributed by atoms with E-state index in [-0.39, 0.29) is 0 Å². The number of nitrogens with zero attached hydrogens (tertiary/aromatic N) is 2. The van der Waals surface area contributed by atoms with Crippen LogP contribution in [0.4, 0.5) is 5.69 Å². The fourth-order valence-corrected chi connectivity index (χ4v) is 1.81. The van der Waals surface area contributed by atoms with Crippen molar-refractivity contribution in [3.63, 3.8) is 0 Å². The summed E-state index contributed by atoms with van der Waals surface area (Å²) in [5, 5.41) is 0. The van der Waals surface area contributed by atoms with Crippen molar-refractivity contribution in [2.45, 2.75) is 13.0 Å². The first-order chi connectivity index (χ1) is 6.31. The van der Waals surface area contributed by atoms with Crippen LogP contribution in [-0.4, -0.2) is 13.6 Å². The van der Waals surface area contributed by atoms with E-state index in [2.05, 4.69) is 35.0 Å². The molecule has 0 fully saturated rings. The van der Waals surface area contributed by atoms with E-state index in [1.165, 1.54) is 11.3 Å². The van der Waals surface area contributed by atoms with Crippen molar-refractivity contribution in [3.8, 4) is 0 Å². The number of anilines is 1. The highest BCUT2D eigenvalue weighted by molar-refractivity contribution is 5.58. The van der Waals surface area contributed by atoms with Crippen molar-refractivity contribution in [2.24, 2.45) is 0 Å². The Morgan fingerprint density at radius 1 is 1.54 bits per heavy atom. The van der Waals surface area contributed by atoms with E-state index < -0.39 is 0 Å². The van der Waals surface area contributed by atoms with E-state index in [1.807, 2.05) is 0 Å². The summed E-state index contributed by atoms with van der Waals surface area (Å²) >= 11 is 0. The summed E-state index contributed by atoms with van der Waals surface area (Å²) in [7, 11) is 2.11. The molecule has 0 unspecified atom stereocenters. The first kappa shape index (κ1) is 8.12. The molecule has 1 heterocycles. The van der Waals surface area contributed by atoms with Gasteiger partial charge in [-0.2, -0.15) is 0 Å². The van der Waals surface area contributed by atoms with Crippen LogP contribution in [0.25, 0.3) is 4.85 Å². The molecule has 0 atom stereocenters. The normalized spacial score (nSPS) is 14.0. The SMILES string of the molecule is [C-]#[N+]Cc1ccc2c(c1)CCN2C. The monoisotopic (exact) mass is 172 g/mol. The predicted octanol–water partition coefficient (Wildman–Crippen LogP) is 2.10. The van der Waals surface area contributed by atoms with Gasteiger partial charge in [-0.05, 0) is 30.2 Å². The molecule has 0 N–H and O–H groups in total. The van der Waals surface area contributed by atoms with Gasteiger partial charge in [-0.15, -0.1) is 0 Å². The van der Waals surface area contributed by atoms with Gasteiger partial charge in [0.25, 0.3) is 0 Å². The van der Waals surface area contributed by atoms with Gasteiger partial charge in [0, 0.05) is 24.8 Å². The van der Waals surface area contributed by atoms with Crippen LogP contribution in [-0.2, 0) is 13.0 Å². The van der Waals surface area contributed by atoms with E-state index >= 15 is 0 Å². The molecule has 0 bridgehead atoms. The zero-order chi connectivity index (χ0) is 9.26. The Morgan fingerprint density at radius 2 is 2.38 bits per heavy atom. The summed E-state index contributed by atoms with van der Waals surface area (Å²) in [5.41, 5.74) is 3.86. The van der Waals surface area contributed by atoms with Gasteiger partial charge in [-0.3, -0.25) is 0 Å². The number of hydrogen-bond donors (Lipinski definition) is 0. The number of hydrogen-bond acceptors (Lipinski definition) is 1. The van der Waals surface area contributed by atoms with Gasteiger partial charge < -0.3 is 9.74 Å². The van der Waals surface area contributed by atoms with Crippen molar-refractivity contribution in [1.82, 2.24) is 0 Å². The Balaban J connectivity index is 2.35.